The van der Waals surface area contributed by atoms with Crippen molar-refractivity contribution >= 4 is 14.6 Å². The molecule has 1 atom stereocenters. The van der Waals surface area contributed by atoms with E-state index in [0.717, 1.165) is 0 Å². The number of carbonyl (C=O) groups excluding carboxylic acids is 1. The molecule has 2 N–H and O–H groups in total. The van der Waals surface area contributed by atoms with Gasteiger partial charge in [-0.1, -0.05) is 0 Å². The molecule has 1 unspecified atom stereocenters. The highest BCUT2D eigenvalue weighted by Gasteiger charge is 2.44. The fraction of sp³-hybridized carbons (Fsp3) is 0.900. The number of aliphatic hydroxyl groups is 2. The van der Waals surface area contributed by atoms with Crippen molar-refractivity contribution in [1.82, 2.24) is 0 Å². The normalized spacial score (nSPS) is 13.7. The van der Waals surface area contributed by atoms with Crippen LogP contribution in [0.2, 0.25) is 6.04 Å². The van der Waals surface area contributed by atoms with E-state index in [1.165, 1.54) is 0 Å². The molecule has 0 aromatic carbocycles. The molecule has 0 bridgehead atoms. The lowest BCUT2D eigenvalue weighted by molar-refractivity contribution is -0.127. The van der Waals surface area contributed by atoms with Gasteiger partial charge in [0.1, 0.15) is 6.10 Å². The Kier molecular flexibility index (Phi) is 8.57. The van der Waals surface area contributed by atoms with Crippen molar-refractivity contribution in [3.8, 4) is 0 Å². The summed E-state index contributed by atoms with van der Waals surface area (Å²) in [4.78, 5) is 11.6. The van der Waals surface area contributed by atoms with Gasteiger partial charge in [-0.15, -0.1) is 0 Å². The Morgan fingerprint density at radius 1 is 1.12 bits per heavy atom. The number of hydrogen-bond acceptors (Lipinski definition) is 6. The van der Waals surface area contributed by atoms with Gasteiger partial charge in [0.05, 0.1) is 12.7 Å². The van der Waals surface area contributed by atoms with E-state index in [1.54, 1.807) is 20.8 Å². The third kappa shape index (κ3) is 5.71. The van der Waals surface area contributed by atoms with Crippen molar-refractivity contribution in [1.29, 1.82) is 0 Å². The van der Waals surface area contributed by atoms with Crippen LogP contribution < -0.4 is 0 Å². The lowest BCUT2D eigenvalue weighted by Crippen LogP contribution is -2.49. The Hall–Kier alpha value is -0.313. The van der Waals surface area contributed by atoms with Crippen molar-refractivity contribution in [3.63, 3.8) is 0 Å². The van der Waals surface area contributed by atoms with Crippen LogP contribution in [0.15, 0.2) is 0 Å². The van der Waals surface area contributed by atoms with E-state index in [-0.39, 0.29) is 6.04 Å². The fourth-order valence-electron chi connectivity index (χ4n) is 1.37. The van der Waals surface area contributed by atoms with Crippen LogP contribution >= 0.6 is 0 Å². The first-order valence-electron chi connectivity index (χ1n) is 5.78. The van der Waals surface area contributed by atoms with Gasteiger partial charge in [0.2, 0.25) is 0 Å². The number of rotatable bonds is 10. The summed E-state index contributed by atoms with van der Waals surface area (Å²) in [6.45, 7) is 5.86. The highest BCUT2D eigenvalue weighted by atomic mass is 28.4. The molecule has 0 radical (unpaired) electrons. The van der Waals surface area contributed by atoms with Crippen LogP contribution in [0.3, 0.4) is 0 Å². The molecule has 0 saturated carbocycles. The third-order valence-corrected chi connectivity index (χ3v) is 5.00. The molecule has 17 heavy (non-hydrogen) atoms. The summed E-state index contributed by atoms with van der Waals surface area (Å²) in [7, 11) is -3.06. The summed E-state index contributed by atoms with van der Waals surface area (Å²) >= 11 is 0. The Morgan fingerprint density at radius 3 is 1.82 bits per heavy atom. The first kappa shape index (κ1) is 16.7. The Morgan fingerprint density at radius 2 is 1.53 bits per heavy atom. The van der Waals surface area contributed by atoms with Gasteiger partial charge >= 0.3 is 8.80 Å². The molecule has 0 spiro atoms. The largest absolute Gasteiger partial charge is 0.508 e. The summed E-state index contributed by atoms with van der Waals surface area (Å²) in [6, 6.07) is -0.121. The van der Waals surface area contributed by atoms with Crippen molar-refractivity contribution in [2.45, 2.75) is 32.9 Å². The maximum absolute atomic E-state index is 11.6. The van der Waals surface area contributed by atoms with Crippen LogP contribution in [0.1, 0.15) is 20.8 Å². The van der Waals surface area contributed by atoms with Crippen LogP contribution in [0.5, 0.6) is 0 Å². The molecule has 0 rings (SSSR count). The first-order chi connectivity index (χ1) is 8.05. The second-order valence-electron chi connectivity index (χ2n) is 3.32. The molecule has 0 aliphatic rings. The second kappa shape index (κ2) is 8.73. The van der Waals surface area contributed by atoms with E-state index < -0.39 is 27.3 Å². The van der Waals surface area contributed by atoms with Crippen molar-refractivity contribution < 1.29 is 28.3 Å². The third-order valence-electron chi connectivity index (χ3n) is 2.03. The van der Waals surface area contributed by atoms with E-state index in [9.17, 15) is 9.90 Å². The minimum atomic E-state index is -3.06. The summed E-state index contributed by atoms with van der Waals surface area (Å²) in [5.41, 5.74) is 0. The van der Waals surface area contributed by atoms with E-state index in [4.69, 9.17) is 18.4 Å². The van der Waals surface area contributed by atoms with Gasteiger partial charge in [0.25, 0.3) is 0 Å². The van der Waals surface area contributed by atoms with E-state index in [1.807, 2.05) is 0 Å². The van der Waals surface area contributed by atoms with Gasteiger partial charge in [0, 0.05) is 19.8 Å². The van der Waals surface area contributed by atoms with Crippen molar-refractivity contribution in [2.24, 2.45) is 0 Å². The zero-order valence-corrected chi connectivity index (χ0v) is 11.6. The molecule has 0 saturated heterocycles. The molecule has 0 amide bonds. The van der Waals surface area contributed by atoms with Gasteiger partial charge in [-0.2, -0.15) is 0 Å². The van der Waals surface area contributed by atoms with Gasteiger partial charge in [-0.25, -0.2) is 0 Å². The average molecular weight is 266 g/mol. The van der Waals surface area contributed by atoms with E-state index in [2.05, 4.69) is 0 Å². The monoisotopic (exact) mass is 266 g/mol. The summed E-state index contributed by atoms with van der Waals surface area (Å²) in [5.74, 6) is -0.519. The zero-order valence-electron chi connectivity index (χ0n) is 10.6. The lowest BCUT2D eigenvalue weighted by Gasteiger charge is -2.28. The molecule has 0 aliphatic carbocycles. The highest BCUT2D eigenvalue weighted by Crippen LogP contribution is 2.17. The number of carbonyl (C=O) groups is 1. The lowest BCUT2D eigenvalue weighted by atomic mass is 10.3. The minimum absolute atomic E-state index is 0.121. The molecule has 0 aromatic rings. The number of hydrogen-bond donors (Lipinski definition) is 2. The zero-order chi connectivity index (χ0) is 13.3. The number of ketones is 1. The van der Waals surface area contributed by atoms with Gasteiger partial charge in [-0.05, 0) is 20.8 Å². The number of aliphatic hydroxyl groups excluding tert-OH is 2. The molecule has 102 valence electrons. The smallest absolute Gasteiger partial charge is 0.393 e. The Labute approximate surface area is 103 Å². The summed E-state index contributed by atoms with van der Waals surface area (Å²) in [5, 5.41) is 18.0. The van der Waals surface area contributed by atoms with Crippen molar-refractivity contribution in [3.05, 3.63) is 0 Å². The van der Waals surface area contributed by atoms with Crippen LogP contribution in [-0.2, 0) is 18.1 Å². The topological polar surface area (TPSA) is 85.2 Å². The molecule has 0 aliphatic heterocycles. The highest BCUT2D eigenvalue weighted by molar-refractivity contribution is 6.64. The van der Waals surface area contributed by atoms with E-state index >= 15 is 0 Å². The minimum Gasteiger partial charge on any atom is -0.393 e. The van der Waals surface area contributed by atoms with Gasteiger partial charge in [0.15, 0.2) is 5.78 Å². The fourth-order valence-corrected chi connectivity index (χ4v) is 3.91. The molecule has 0 heterocycles. The summed E-state index contributed by atoms with van der Waals surface area (Å²) < 4.78 is 16.4. The van der Waals surface area contributed by atoms with Crippen LogP contribution in [0.4, 0.5) is 0 Å². The maximum Gasteiger partial charge on any atom is 0.508 e. The Balaban J connectivity index is 4.69. The Bertz CT molecular complexity index is 206. The molecule has 0 fully saturated rings. The van der Waals surface area contributed by atoms with Crippen molar-refractivity contribution in [2.75, 3.05) is 26.4 Å². The molecule has 0 aromatic heterocycles. The average Bonchev–Trinajstić information content (AvgIpc) is 2.28. The number of Topliss-reactive ketones (excluding diaryl/α,β-unsaturated/α-hetero) is 1. The molecule has 7 heteroatoms. The SMILES string of the molecule is CCO[Si](CC(=O)C(O)CO)(OCC)OCC. The van der Waals surface area contributed by atoms with Crippen LogP contribution in [-0.4, -0.2) is 57.3 Å². The second-order valence-corrected chi connectivity index (χ2v) is 5.91. The van der Waals surface area contributed by atoms with Crippen LogP contribution in [0, 0.1) is 0 Å². The first-order valence-corrected chi connectivity index (χ1v) is 7.71. The molecular formula is C10H22O6Si. The van der Waals surface area contributed by atoms with Crippen LogP contribution in [0.25, 0.3) is 0 Å². The quantitative estimate of drug-likeness (QED) is 0.540. The maximum atomic E-state index is 11.6. The predicted molar refractivity (Wildman–Crippen MR) is 63.5 cm³/mol. The standard InChI is InChI=1S/C10H22O6Si/c1-4-14-17(15-5-2,16-6-3)8-10(13)9(12)7-11/h9,11-12H,4-8H2,1-3H3. The molecular weight excluding hydrogens is 244 g/mol. The van der Waals surface area contributed by atoms with Gasteiger partial charge in [-0.3, -0.25) is 4.79 Å². The summed E-state index contributed by atoms with van der Waals surface area (Å²) in [6.07, 6.45) is -1.40. The van der Waals surface area contributed by atoms with Gasteiger partial charge < -0.3 is 23.5 Å². The molecule has 6 nitrogen and oxygen atoms in total. The van der Waals surface area contributed by atoms with E-state index in [0.29, 0.717) is 19.8 Å². The predicted octanol–water partition coefficient (Wildman–Crippen LogP) is -0.0429.